The maximum Gasteiger partial charge on any atom is 0.293 e. The Bertz CT molecular complexity index is 1090. The molecule has 3 rings (SSSR count). The van der Waals surface area contributed by atoms with Gasteiger partial charge in [0.2, 0.25) is 10.0 Å². The molecule has 0 amide bonds. The molecule has 0 saturated carbocycles. The highest BCUT2D eigenvalue weighted by Crippen LogP contribution is 2.32. The van der Waals surface area contributed by atoms with E-state index < -0.39 is 14.9 Å². The number of nitro benzene ring substituents is 1. The molecular formula is C21H26ClFN4O4S. The van der Waals surface area contributed by atoms with Crippen molar-refractivity contribution >= 4 is 33.0 Å². The van der Waals surface area contributed by atoms with Gasteiger partial charge in [-0.05, 0) is 29.8 Å². The number of hydrogen-bond donors (Lipinski definition) is 0. The second kappa shape index (κ2) is 10.1. The van der Waals surface area contributed by atoms with E-state index in [-0.39, 0.29) is 29.5 Å². The average molecular weight is 485 g/mol. The van der Waals surface area contributed by atoms with Crippen molar-refractivity contribution in [2.24, 2.45) is 0 Å². The summed E-state index contributed by atoms with van der Waals surface area (Å²) in [6, 6.07) is 8.40. The van der Waals surface area contributed by atoms with Crippen LogP contribution >= 0.6 is 11.6 Å². The van der Waals surface area contributed by atoms with Crippen LogP contribution in [0.5, 0.6) is 0 Å². The monoisotopic (exact) mass is 484 g/mol. The Morgan fingerprint density at radius 3 is 2.31 bits per heavy atom. The Morgan fingerprint density at radius 2 is 1.75 bits per heavy atom. The summed E-state index contributed by atoms with van der Waals surface area (Å²) in [5.41, 5.74) is 0.986. The SMILES string of the molecule is CCN(CC)S(=O)(=O)c1ccc(N2CCN(Cc3ccc(F)cc3Cl)CC2)c([N+](=O)[O-])c1. The minimum Gasteiger partial charge on any atom is -0.363 e. The summed E-state index contributed by atoms with van der Waals surface area (Å²) in [5, 5.41) is 12.1. The summed E-state index contributed by atoms with van der Waals surface area (Å²) in [7, 11) is -3.79. The second-order valence-corrected chi connectivity index (χ2v) is 9.84. The van der Waals surface area contributed by atoms with Crippen LogP contribution in [0.15, 0.2) is 41.3 Å². The van der Waals surface area contributed by atoms with Crippen molar-refractivity contribution in [3.05, 3.63) is 62.9 Å². The first-order chi connectivity index (χ1) is 15.2. The van der Waals surface area contributed by atoms with E-state index in [0.29, 0.717) is 43.4 Å². The van der Waals surface area contributed by atoms with Crippen LogP contribution in [0.2, 0.25) is 5.02 Å². The third kappa shape index (κ3) is 5.20. The third-order valence-corrected chi connectivity index (χ3v) is 8.01. The van der Waals surface area contributed by atoms with Gasteiger partial charge < -0.3 is 4.90 Å². The van der Waals surface area contributed by atoms with Crippen LogP contribution in [0.1, 0.15) is 19.4 Å². The molecule has 1 aliphatic heterocycles. The van der Waals surface area contributed by atoms with Crippen molar-refractivity contribution in [2.45, 2.75) is 25.3 Å². The predicted molar refractivity (Wildman–Crippen MR) is 122 cm³/mol. The highest BCUT2D eigenvalue weighted by molar-refractivity contribution is 7.89. The zero-order valence-electron chi connectivity index (χ0n) is 18.0. The van der Waals surface area contributed by atoms with E-state index in [9.17, 15) is 22.9 Å². The molecule has 1 aliphatic rings. The quantitative estimate of drug-likeness (QED) is 0.419. The van der Waals surface area contributed by atoms with Crippen molar-refractivity contribution < 1.29 is 17.7 Å². The van der Waals surface area contributed by atoms with Crippen LogP contribution in [0, 0.1) is 15.9 Å². The maximum atomic E-state index is 13.3. The van der Waals surface area contributed by atoms with E-state index in [1.807, 2.05) is 4.90 Å². The molecule has 2 aromatic carbocycles. The normalized spacial score (nSPS) is 15.3. The molecule has 11 heteroatoms. The number of nitro groups is 1. The van der Waals surface area contributed by atoms with Crippen LogP contribution in [0.3, 0.4) is 0 Å². The average Bonchev–Trinajstić information content (AvgIpc) is 2.76. The number of benzene rings is 2. The number of sulfonamides is 1. The molecule has 0 unspecified atom stereocenters. The molecule has 1 saturated heterocycles. The van der Waals surface area contributed by atoms with Crippen molar-refractivity contribution in [3.8, 4) is 0 Å². The first-order valence-corrected chi connectivity index (χ1v) is 12.2. The fourth-order valence-corrected chi connectivity index (χ4v) is 5.53. The number of piperazine rings is 1. The summed E-state index contributed by atoms with van der Waals surface area (Å²) in [6.45, 7) is 6.89. The lowest BCUT2D eigenvalue weighted by Gasteiger charge is -2.36. The standard InChI is InChI=1S/C21H26ClFN4O4S/c1-3-26(4-2)32(30,31)18-7-8-20(21(14-18)27(28)29)25-11-9-24(10-12-25)15-16-5-6-17(23)13-19(16)22/h5-8,13-14H,3-4,9-12,15H2,1-2H3. The van der Waals surface area contributed by atoms with Crippen LogP contribution in [-0.4, -0.2) is 61.8 Å². The topological polar surface area (TPSA) is 87.0 Å². The Labute approximate surface area is 192 Å². The Kier molecular flexibility index (Phi) is 7.71. The molecule has 32 heavy (non-hydrogen) atoms. The van der Waals surface area contributed by atoms with Crippen molar-refractivity contribution in [3.63, 3.8) is 0 Å². The van der Waals surface area contributed by atoms with E-state index >= 15 is 0 Å². The number of halogens is 2. The minimum atomic E-state index is -3.79. The fraction of sp³-hybridized carbons (Fsp3) is 0.429. The van der Waals surface area contributed by atoms with Gasteiger partial charge in [-0.15, -0.1) is 0 Å². The molecule has 2 aromatic rings. The van der Waals surface area contributed by atoms with Crippen LogP contribution < -0.4 is 4.90 Å². The van der Waals surface area contributed by atoms with E-state index in [4.69, 9.17) is 11.6 Å². The van der Waals surface area contributed by atoms with Crippen LogP contribution in [-0.2, 0) is 16.6 Å². The second-order valence-electron chi connectivity index (χ2n) is 7.50. The lowest BCUT2D eigenvalue weighted by molar-refractivity contribution is -0.384. The van der Waals surface area contributed by atoms with Crippen LogP contribution in [0.25, 0.3) is 0 Å². The summed E-state index contributed by atoms with van der Waals surface area (Å²) >= 11 is 6.12. The van der Waals surface area contributed by atoms with E-state index in [1.165, 1.54) is 28.6 Å². The summed E-state index contributed by atoms with van der Waals surface area (Å²) in [5.74, 6) is -0.387. The van der Waals surface area contributed by atoms with Crippen molar-refractivity contribution in [1.82, 2.24) is 9.21 Å². The van der Waals surface area contributed by atoms with Gasteiger partial charge >= 0.3 is 0 Å². The first kappa shape index (κ1) is 24.4. The van der Waals surface area contributed by atoms with Crippen molar-refractivity contribution in [2.75, 3.05) is 44.2 Å². The zero-order valence-corrected chi connectivity index (χ0v) is 19.6. The molecule has 0 atom stereocenters. The molecule has 0 aromatic heterocycles. The lowest BCUT2D eigenvalue weighted by Crippen LogP contribution is -2.46. The first-order valence-electron chi connectivity index (χ1n) is 10.4. The number of nitrogens with zero attached hydrogens (tertiary/aromatic N) is 4. The molecule has 0 spiro atoms. The number of hydrogen-bond acceptors (Lipinski definition) is 6. The van der Waals surface area contributed by atoms with Crippen LogP contribution in [0.4, 0.5) is 15.8 Å². The molecular weight excluding hydrogens is 459 g/mol. The van der Waals surface area contributed by atoms with Gasteiger partial charge in [-0.25, -0.2) is 12.8 Å². The Morgan fingerprint density at radius 1 is 1.09 bits per heavy atom. The molecule has 1 heterocycles. The maximum absolute atomic E-state index is 13.3. The number of anilines is 1. The summed E-state index contributed by atoms with van der Waals surface area (Å²) in [4.78, 5) is 15.1. The highest BCUT2D eigenvalue weighted by atomic mass is 35.5. The largest absolute Gasteiger partial charge is 0.363 e. The van der Waals surface area contributed by atoms with Gasteiger partial charge in [-0.3, -0.25) is 15.0 Å². The van der Waals surface area contributed by atoms with Gasteiger partial charge in [0.05, 0.1) is 9.82 Å². The fourth-order valence-electron chi connectivity index (χ4n) is 3.83. The zero-order chi connectivity index (χ0) is 23.5. The van der Waals surface area contributed by atoms with E-state index in [1.54, 1.807) is 19.9 Å². The Hall–Kier alpha value is -2.27. The molecule has 0 bridgehead atoms. The predicted octanol–water partition coefficient (Wildman–Crippen LogP) is 3.74. The number of rotatable bonds is 8. The van der Waals surface area contributed by atoms with Gasteiger partial charge in [0.1, 0.15) is 11.5 Å². The van der Waals surface area contributed by atoms with E-state index in [2.05, 4.69) is 4.90 Å². The van der Waals surface area contributed by atoms with E-state index in [0.717, 1.165) is 11.6 Å². The van der Waals surface area contributed by atoms with Gasteiger partial charge in [-0.2, -0.15) is 4.31 Å². The molecule has 0 radical (unpaired) electrons. The molecule has 8 nitrogen and oxygen atoms in total. The smallest absolute Gasteiger partial charge is 0.293 e. The third-order valence-electron chi connectivity index (χ3n) is 5.61. The highest BCUT2D eigenvalue weighted by Gasteiger charge is 2.29. The molecule has 174 valence electrons. The van der Waals surface area contributed by atoms with Crippen molar-refractivity contribution in [1.29, 1.82) is 0 Å². The molecule has 0 N–H and O–H groups in total. The van der Waals surface area contributed by atoms with Gasteiger partial charge in [0.25, 0.3) is 5.69 Å². The summed E-state index contributed by atoms with van der Waals surface area (Å²) < 4.78 is 40.1. The van der Waals surface area contributed by atoms with Gasteiger partial charge in [0.15, 0.2) is 0 Å². The minimum absolute atomic E-state index is 0.0822. The molecule has 0 aliphatic carbocycles. The molecule has 1 fully saturated rings. The van der Waals surface area contributed by atoms with Gasteiger partial charge in [0, 0.05) is 56.9 Å². The van der Waals surface area contributed by atoms with Gasteiger partial charge in [-0.1, -0.05) is 31.5 Å². The summed E-state index contributed by atoms with van der Waals surface area (Å²) in [6.07, 6.45) is 0. The lowest BCUT2D eigenvalue weighted by atomic mass is 10.1. The Balaban J connectivity index is 1.76.